The van der Waals surface area contributed by atoms with Crippen molar-refractivity contribution in [1.82, 2.24) is 20.8 Å². The van der Waals surface area contributed by atoms with E-state index in [1.54, 1.807) is 6.20 Å². The van der Waals surface area contributed by atoms with Gasteiger partial charge in [-0.3, -0.25) is 9.89 Å². The minimum atomic E-state index is 0.00454. The Bertz CT molecular complexity index is 284. The molecule has 1 unspecified atom stereocenters. The SMILES string of the molecule is CCC(C)NCC(=O)NCc1ccn[nH]1. The third-order valence-corrected chi connectivity index (χ3v) is 2.26. The molecule has 0 saturated heterocycles. The molecule has 3 N–H and O–H groups in total. The summed E-state index contributed by atoms with van der Waals surface area (Å²) in [6.07, 6.45) is 2.69. The molecule has 0 aliphatic carbocycles. The minimum Gasteiger partial charge on any atom is -0.349 e. The third-order valence-electron chi connectivity index (χ3n) is 2.26. The second-order valence-corrected chi connectivity index (χ2v) is 3.55. The Balaban J connectivity index is 2.14. The maximum absolute atomic E-state index is 11.4. The van der Waals surface area contributed by atoms with Crippen LogP contribution in [0.3, 0.4) is 0 Å². The molecule has 1 aromatic rings. The fourth-order valence-corrected chi connectivity index (χ4v) is 1.05. The summed E-state index contributed by atoms with van der Waals surface area (Å²) in [6, 6.07) is 2.21. The molecule has 0 aromatic carbocycles. The number of nitrogens with zero attached hydrogens (tertiary/aromatic N) is 1. The molecule has 1 heterocycles. The van der Waals surface area contributed by atoms with E-state index >= 15 is 0 Å². The predicted molar refractivity (Wildman–Crippen MR) is 58.2 cm³/mol. The first-order valence-corrected chi connectivity index (χ1v) is 5.20. The van der Waals surface area contributed by atoms with Crippen LogP contribution in [-0.4, -0.2) is 28.7 Å². The molecule has 5 heteroatoms. The summed E-state index contributed by atoms with van der Waals surface area (Å²) in [7, 11) is 0. The minimum absolute atomic E-state index is 0.00454. The van der Waals surface area contributed by atoms with Gasteiger partial charge in [-0.15, -0.1) is 0 Å². The van der Waals surface area contributed by atoms with Crippen molar-refractivity contribution in [3.05, 3.63) is 18.0 Å². The molecule has 0 aliphatic heterocycles. The van der Waals surface area contributed by atoms with E-state index in [1.165, 1.54) is 0 Å². The molecule has 1 amide bonds. The lowest BCUT2D eigenvalue weighted by Gasteiger charge is -2.10. The fourth-order valence-electron chi connectivity index (χ4n) is 1.05. The van der Waals surface area contributed by atoms with Crippen LogP contribution in [0.1, 0.15) is 26.0 Å². The first-order valence-electron chi connectivity index (χ1n) is 5.20. The topological polar surface area (TPSA) is 69.8 Å². The van der Waals surface area contributed by atoms with Crippen molar-refractivity contribution in [2.75, 3.05) is 6.54 Å². The molecule has 0 aliphatic rings. The highest BCUT2D eigenvalue weighted by Crippen LogP contribution is 1.90. The summed E-state index contributed by atoms with van der Waals surface area (Å²) in [5.74, 6) is 0.00454. The molecule has 0 bridgehead atoms. The zero-order chi connectivity index (χ0) is 11.1. The molecule has 84 valence electrons. The molecule has 1 atom stereocenters. The number of aromatic nitrogens is 2. The van der Waals surface area contributed by atoms with Gasteiger partial charge in [0.2, 0.25) is 5.91 Å². The van der Waals surface area contributed by atoms with Gasteiger partial charge in [-0.05, 0) is 19.4 Å². The summed E-state index contributed by atoms with van der Waals surface area (Å²) in [6.45, 7) is 5.01. The highest BCUT2D eigenvalue weighted by Gasteiger charge is 2.03. The Morgan fingerprint density at radius 2 is 2.47 bits per heavy atom. The number of nitrogens with one attached hydrogen (secondary N) is 3. The average Bonchev–Trinajstić information content (AvgIpc) is 2.75. The van der Waals surface area contributed by atoms with Gasteiger partial charge in [0, 0.05) is 12.2 Å². The molecule has 0 saturated carbocycles. The largest absolute Gasteiger partial charge is 0.349 e. The molecule has 1 rings (SSSR count). The number of hydrogen-bond donors (Lipinski definition) is 3. The van der Waals surface area contributed by atoms with Gasteiger partial charge in [-0.2, -0.15) is 5.10 Å². The first-order chi connectivity index (χ1) is 7.22. The lowest BCUT2D eigenvalue weighted by atomic mass is 10.2. The summed E-state index contributed by atoms with van der Waals surface area (Å²) < 4.78 is 0. The molecule has 0 fully saturated rings. The average molecular weight is 210 g/mol. The van der Waals surface area contributed by atoms with Crippen molar-refractivity contribution in [2.24, 2.45) is 0 Å². The maximum Gasteiger partial charge on any atom is 0.234 e. The molecular weight excluding hydrogens is 192 g/mol. The van der Waals surface area contributed by atoms with Crippen molar-refractivity contribution in [3.8, 4) is 0 Å². The molecule has 15 heavy (non-hydrogen) atoms. The quantitative estimate of drug-likeness (QED) is 0.637. The lowest BCUT2D eigenvalue weighted by Crippen LogP contribution is -2.37. The van der Waals surface area contributed by atoms with E-state index in [1.807, 2.05) is 6.07 Å². The van der Waals surface area contributed by atoms with E-state index in [0.29, 0.717) is 19.1 Å². The van der Waals surface area contributed by atoms with Crippen LogP contribution in [0, 0.1) is 0 Å². The van der Waals surface area contributed by atoms with E-state index < -0.39 is 0 Å². The summed E-state index contributed by atoms with van der Waals surface area (Å²) >= 11 is 0. The Kier molecular flexibility index (Phi) is 4.83. The number of hydrogen-bond acceptors (Lipinski definition) is 3. The number of H-pyrrole nitrogens is 1. The second-order valence-electron chi connectivity index (χ2n) is 3.55. The van der Waals surface area contributed by atoms with Crippen molar-refractivity contribution in [2.45, 2.75) is 32.9 Å². The number of rotatable bonds is 6. The fraction of sp³-hybridized carbons (Fsp3) is 0.600. The van der Waals surface area contributed by atoms with Crippen molar-refractivity contribution in [1.29, 1.82) is 0 Å². The summed E-state index contributed by atoms with van der Waals surface area (Å²) in [5.41, 5.74) is 0.909. The van der Waals surface area contributed by atoms with Gasteiger partial charge in [-0.1, -0.05) is 6.92 Å². The van der Waals surface area contributed by atoms with Crippen LogP contribution >= 0.6 is 0 Å². The molecule has 5 nitrogen and oxygen atoms in total. The van der Waals surface area contributed by atoms with E-state index in [9.17, 15) is 4.79 Å². The Labute approximate surface area is 89.6 Å². The van der Waals surface area contributed by atoms with Crippen molar-refractivity contribution >= 4 is 5.91 Å². The van der Waals surface area contributed by atoms with Crippen LogP contribution in [0.5, 0.6) is 0 Å². The molecule has 0 spiro atoms. The monoisotopic (exact) mass is 210 g/mol. The van der Waals surface area contributed by atoms with Gasteiger partial charge in [0.15, 0.2) is 0 Å². The standard InChI is InChI=1S/C10H18N4O/c1-3-8(2)11-7-10(15)12-6-9-4-5-13-14-9/h4-5,8,11H,3,6-7H2,1-2H3,(H,12,15)(H,13,14). The first kappa shape index (κ1) is 11.7. The van der Waals surface area contributed by atoms with Gasteiger partial charge in [0.25, 0.3) is 0 Å². The zero-order valence-corrected chi connectivity index (χ0v) is 9.21. The number of carbonyl (C=O) groups excluding carboxylic acids is 1. The van der Waals surface area contributed by atoms with Gasteiger partial charge >= 0.3 is 0 Å². The van der Waals surface area contributed by atoms with Gasteiger partial charge in [-0.25, -0.2) is 0 Å². The highest BCUT2D eigenvalue weighted by molar-refractivity contribution is 5.77. The van der Waals surface area contributed by atoms with Crippen LogP contribution in [0.4, 0.5) is 0 Å². The Morgan fingerprint density at radius 3 is 3.07 bits per heavy atom. The Morgan fingerprint density at radius 1 is 1.67 bits per heavy atom. The second kappa shape index (κ2) is 6.19. The zero-order valence-electron chi connectivity index (χ0n) is 9.21. The van der Waals surface area contributed by atoms with Gasteiger partial charge < -0.3 is 10.6 Å². The van der Waals surface area contributed by atoms with E-state index in [2.05, 4.69) is 34.7 Å². The van der Waals surface area contributed by atoms with E-state index in [0.717, 1.165) is 12.1 Å². The highest BCUT2D eigenvalue weighted by atomic mass is 16.1. The van der Waals surface area contributed by atoms with Crippen LogP contribution < -0.4 is 10.6 Å². The smallest absolute Gasteiger partial charge is 0.234 e. The van der Waals surface area contributed by atoms with Gasteiger partial charge in [0.05, 0.1) is 18.8 Å². The van der Waals surface area contributed by atoms with E-state index in [-0.39, 0.29) is 5.91 Å². The Hall–Kier alpha value is -1.36. The van der Waals surface area contributed by atoms with Crippen LogP contribution in [0.15, 0.2) is 12.3 Å². The third kappa shape index (κ3) is 4.60. The van der Waals surface area contributed by atoms with Crippen LogP contribution in [-0.2, 0) is 11.3 Å². The predicted octanol–water partition coefficient (Wildman–Crippen LogP) is 0.414. The normalized spacial score (nSPS) is 12.4. The van der Waals surface area contributed by atoms with Crippen molar-refractivity contribution < 1.29 is 4.79 Å². The van der Waals surface area contributed by atoms with Crippen molar-refractivity contribution in [3.63, 3.8) is 0 Å². The number of carbonyl (C=O) groups is 1. The molecular formula is C10H18N4O. The summed E-state index contributed by atoms with van der Waals surface area (Å²) in [5, 5.41) is 12.5. The van der Waals surface area contributed by atoms with Crippen LogP contribution in [0.25, 0.3) is 0 Å². The van der Waals surface area contributed by atoms with Crippen LogP contribution in [0.2, 0.25) is 0 Å². The van der Waals surface area contributed by atoms with Gasteiger partial charge in [0.1, 0.15) is 0 Å². The maximum atomic E-state index is 11.4. The van der Waals surface area contributed by atoms with E-state index in [4.69, 9.17) is 0 Å². The number of amides is 1. The summed E-state index contributed by atoms with van der Waals surface area (Å²) in [4.78, 5) is 11.4. The lowest BCUT2D eigenvalue weighted by molar-refractivity contribution is -0.120. The molecule has 1 aromatic heterocycles. The number of aromatic amines is 1. The molecule has 0 radical (unpaired) electrons.